The Morgan fingerprint density at radius 1 is 0.897 bits per heavy atom. The Hall–Kier alpha value is -3.45. The second-order valence-corrected chi connectivity index (χ2v) is 6.70. The van der Waals surface area contributed by atoms with Crippen LogP contribution in [0.15, 0.2) is 59.2 Å². The van der Waals surface area contributed by atoms with Gasteiger partial charge in [-0.25, -0.2) is 0 Å². The molecule has 8 heteroatoms. The van der Waals surface area contributed by atoms with Crippen LogP contribution in [0.2, 0.25) is 5.02 Å². The van der Waals surface area contributed by atoms with Crippen LogP contribution in [0.4, 0.5) is 11.4 Å². The molecule has 0 aliphatic carbocycles. The Bertz CT molecular complexity index is 1030. The van der Waals surface area contributed by atoms with Gasteiger partial charge >= 0.3 is 0 Å². The van der Waals surface area contributed by atoms with Gasteiger partial charge in [0.2, 0.25) is 0 Å². The first-order valence-corrected chi connectivity index (χ1v) is 9.33. The zero-order chi connectivity index (χ0) is 20.2. The highest BCUT2D eigenvalue weighted by molar-refractivity contribution is 6.34. The van der Waals surface area contributed by atoms with Gasteiger partial charge in [-0.2, -0.15) is 0 Å². The van der Waals surface area contributed by atoms with Crippen LogP contribution < -0.4 is 20.1 Å². The van der Waals surface area contributed by atoms with E-state index in [2.05, 4.69) is 10.6 Å². The molecule has 29 heavy (non-hydrogen) atoms. The number of hydrogen-bond acceptors (Lipinski definition) is 5. The first kappa shape index (κ1) is 18.9. The number of nitrogens with one attached hydrogen (secondary N) is 2. The molecule has 1 aromatic heterocycles. The molecule has 0 saturated carbocycles. The molecular formula is C21H17ClN2O5. The lowest BCUT2D eigenvalue weighted by Crippen LogP contribution is -2.13. The monoisotopic (exact) mass is 412 g/mol. The van der Waals surface area contributed by atoms with Crippen molar-refractivity contribution in [2.75, 3.05) is 23.8 Å². The topological polar surface area (TPSA) is 89.8 Å². The van der Waals surface area contributed by atoms with E-state index in [1.54, 1.807) is 48.5 Å². The summed E-state index contributed by atoms with van der Waals surface area (Å²) in [4.78, 5) is 24.6. The number of carbonyl (C=O) groups excluding carboxylic acids is 2. The van der Waals surface area contributed by atoms with Crippen molar-refractivity contribution in [1.29, 1.82) is 0 Å². The Balaban J connectivity index is 1.45. The van der Waals surface area contributed by atoms with Crippen molar-refractivity contribution in [3.8, 4) is 11.5 Å². The third kappa shape index (κ3) is 4.35. The van der Waals surface area contributed by atoms with E-state index in [0.29, 0.717) is 46.7 Å². The molecule has 0 unspecified atom stereocenters. The second kappa shape index (κ2) is 8.28. The number of carbonyl (C=O) groups is 2. The maximum atomic E-state index is 12.6. The number of furan rings is 1. The van der Waals surface area contributed by atoms with Crippen LogP contribution in [0.5, 0.6) is 11.5 Å². The molecule has 2 amide bonds. The summed E-state index contributed by atoms with van der Waals surface area (Å²) in [5, 5.41) is 5.82. The smallest absolute Gasteiger partial charge is 0.291 e. The predicted molar refractivity (Wildman–Crippen MR) is 108 cm³/mol. The molecule has 2 heterocycles. The Morgan fingerprint density at radius 2 is 1.62 bits per heavy atom. The highest BCUT2D eigenvalue weighted by atomic mass is 35.5. The molecule has 1 aliphatic heterocycles. The zero-order valence-corrected chi connectivity index (χ0v) is 16.0. The third-order valence-electron chi connectivity index (χ3n) is 4.24. The molecule has 148 valence electrons. The van der Waals surface area contributed by atoms with Crippen molar-refractivity contribution >= 4 is 34.8 Å². The number of amides is 2. The standard InChI is InChI=1S/C21H17ClN2O5/c22-15-11-18-19(29-10-2-9-28-18)12-16(15)24-20(25)13-4-6-14(7-5-13)23-21(26)17-3-1-8-27-17/h1,3-8,11-12H,2,9-10H2,(H,23,26)(H,24,25). The molecule has 0 radical (unpaired) electrons. The van der Waals surface area contributed by atoms with Gasteiger partial charge < -0.3 is 24.5 Å². The minimum Gasteiger partial charge on any atom is -0.490 e. The molecule has 0 spiro atoms. The van der Waals surface area contributed by atoms with Gasteiger partial charge in [0, 0.05) is 29.8 Å². The van der Waals surface area contributed by atoms with E-state index in [9.17, 15) is 9.59 Å². The largest absolute Gasteiger partial charge is 0.490 e. The normalized spacial score (nSPS) is 12.7. The molecule has 7 nitrogen and oxygen atoms in total. The highest BCUT2D eigenvalue weighted by Crippen LogP contribution is 2.37. The molecule has 0 fully saturated rings. The summed E-state index contributed by atoms with van der Waals surface area (Å²) in [7, 11) is 0. The maximum Gasteiger partial charge on any atom is 0.291 e. The fourth-order valence-electron chi connectivity index (χ4n) is 2.78. The zero-order valence-electron chi connectivity index (χ0n) is 15.2. The molecule has 1 aliphatic rings. The lowest BCUT2D eigenvalue weighted by molar-refractivity contribution is 0.0995. The van der Waals surface area contributed by atoms with Crippen molar-refractivity contribution in [3.63, 3.8) is 0 Å². The summed E-state index contributed by atoms with van der Waals surface area (Å²) >= 11 is 6.27. The highest BCUT2D eigenvalue weighted by Gasteiger charge is 2.16. The summed E-state index contributed by atoms with van der Waals surface area (Å²) in [6.07, 6.45) is 2.20. The fraction of sp³-hybridized carbons (Fsp3) is 0.143. The molecule has 2 N–H and O–H groups in total. The van der Waals surface area contributed by atoms with Gasteiger partial charge in [0.25, 0.3) is 11.8 Å². The Morgan fingerprint density at radius 3 is 2.31 bits per heavy atom. The van der Waals surface area contributed by atoms with Gasteiger partial charge in [0.15, 0.2) is 17.3 Å². The van der Waals surface area contributed by atoms with E-state index < -0.39 is 0 Å². The number of benzene rings is 2. The van der Waals surface area contributed by atoms with Crippen molar-refractivity contribution in [2.24, 2.45) is 0 Å². The van der Waals surface area contributed by atoms with Crippen LogP contribution in [0.25, 0.3) is 0 Å². The summed E-state index contributed by atoms with van der Waals surface area (Å²) in [6.45, 7) is 1.09. The molecular weight excluding hydrogens is 396 g/mol. The van der Waals surface area contributed by atoms with Crippen molar-refractivity contribution in [2.45, 2.75) is 6.42 Å². The average Bonchev–Trinajstić information content (AvgIpc) is 3.17. The van der Waals surface area contributed by atoms with Gasteiger partial charge in [0.1, 0.15) is 0 Å². The Kier molecular flexibility index (Phi) is 5.39. The first-order valence-electron chi connectivity index (χ1n) is 8.95. The molecule has 0 bridgehead atoms. The van der Waals surface area contributed by atoms with Gasteiger partial charge in [-0.05, 0) is 36.4 Å². The molecule has 0 atom stereocenters. The summed E-state index contributed by atoms with van der Waals surface area (Å²) in [5.74, 6) is 0.590. The third-order valence-corrected chi connectivity index (χ3v) is 4.55. The number of halogens is 1. The van der Waals surface area contributed by atoms with E-state index >= 15 is 0 Å². The summed E-state index contributed by atoms with van der Waals surface area (Å²) < 4.78 is 16.3. The van der Waals surface area contributed by atoms with Crippen LogP contribution in [0.1, 0.15) is 27.3 Å². The van der Waals surface area contributed by atoms with Crippen LogP contribution in [-0.4, -0.2) is 25.0 Å². The van der Waals surface area contributed by atoms with Crippen molar-refractivity contribution in [1.82, 2.24) is 0 Å². The Labute approximate surface area is 171 Å². The molecule has 0 saturated heterocycles. The number of rotatable bonds is 4. The van der Waals surface area contributed by atoms with Crippen molar-refractivity contribution < 1.29 is 23.5 Å². The minimum absolute atomic E-state index is 0.205. The second-order valence-electron chi connectivity index (χ2n) is 6.29. The minimum atomic E-state index is -0.369. The molecule has 4 rings (SSSR count). The number of ether oxygens (including phenoxy) is 2. The quantitative estimate of drug-likeness (QED) is 0.653. The van der Waals surface area contributed by atoms with E-state index in [0.717, 1.165) is 6.42 Å². The van der Waals surface area contributed by atoms with Crippen LogP contribution in [0, 0.1) is 0 Å². The summed E-state index contributed by atoms with van der Waals surface area (Å²) in [6, 6.07) is 12.9. The lowest BCUT2D eigenvalue weighted by atomic mass is 10.2. The van der Waals surface area contributed by atoms with E-state index in [4.69, 9.17) is 25.5 Å². The molecule has 3 aromatic rings. The number of hydrogen-bond donors (Lipinski definition) is 2. The number of fused-ring (bicyclic) bond motifs is 1. The van der Waals surface area contributed by atoms with E-state index in [1.807, 2.05) is 0 Å². The lowest BCUT2D eigenvalue weighted by Gasteiger charge is -2.12. The maximum absolute atomic E-state index is 12.6. The van der Waals surface area contributed by atoms with Gasteiger partial charge in [0.05, 0.1) is 30.2 Å². The van der Waals surface area contributed by atoms with Crippen LogP contribution >= 0.6 is 11.6 Å². The first-order chi connectivity index (χ1) is 14.1. The van der Waals surface area contributed by atoms with Gasteiger partial charge in [-0.15, -0.1) is 0 Å². The van der Waals surface area contributed by atoms with E-state index in [-0.39, 0.29) is 17.6 Å². The van der Waals surface area contributed by atoms with Crippen LogP contribution in [-0.2, 0) is 0 Å². The van der Waals surface area contributed by atoms with E-state index in [1.165, 1.54) is 6.26 Å². The van der Waals surface area contributed by atoms with Gasteiger partial charge in [-0.1, -0.05) is 11.6 Å². The predicted octanol–water partition coefficient (Wildman–Crippen LogP) is 4.60. The SMILES string of the molecule is O=C(Nc1cc2c(cc1Cl)OCCCO2)c1ccc(NC(=O)c2ccco2)cc1. The summed E-state index contributed by atoms with van der Waals surface area (Å²) in [5.41, 5.74) is 1.37. The van der Waals surface area contributed by atoms with Crippen LogP contribution in [0.3, 0.4) is 0 Å². The van der Waals surface area contributed by atoms with Gasteiger partial charge in [-0.3, -0.25) is 9.59 Å². The fourth-order valence-corrected chi connectivity index (χ4v) is 2.98. The molecule has 2 aromatic carbocycles. The van der Waals surface area contributed by atoms with Crippen molar-refractivity contribution in [3.05, 3.63) is 71.1 Å². The average molecular weight is 413 g/mol. The number of anilines is 2.